The topological polar surface area (TPSA) is 35.5 Å². The molecule has 12 heavy (non-hydrogen) atoms. The molecule has 3 saturated heterocycles. The lowest BCUT2D eigenvalue weighted by Crippen LogP contribution is -2.39. The fourth-order valence-corrected chi connectivity index (χ4v) is 2.91. The lowest BCUT2D eigenvalue weighted by molar-refractivity contribution is -0.149. The van der Waals surface area contributed by atoms with Crippen molar-refractivity contribution in [1.29, 1.82) is 0 Å². The van der Waals surface area contributed by atoms with Crippen molar-refractivity contribution in [3.05, 3.63) is 0 Å². The van der Waals surface area contributed by atoms with Crippen molar-refractivity contribution in [1.82, 2.24) is 0 Å². The van der Waals surface area contributed by atoms with Gasteiger partial charge in [0.2, 0.25) is 0 Å². The van der Waals surface area contributed by atoms with Crippen molar-refractivity contribution in [3.8, 4) is 0 Å². The predicted molar refractivity (Wildman–Crippen MR) is 40.5 cm³/mol. The lowest BCUT2D eigenvalue weighted by Gasteiger charge is -2.26. The third-order valence-corrected chi connectivity index (χ3v) is 3.77. The van der Waals surface area contributed by atoms with Gasteiger partial charge in [0, 0.05) is 5.92 Å². The molecule has 3 heterocycles. The SMILES string of the molecule is C[C@]12C(=O)OC[C@H]1[C@@H]1CC[C@H]2O1. The van der Waals surface area contributed by atoms with Crippen molar-refractivity contribution in [2.24, 2.45) is 11.3 Å². The number of ether oxygens (including phenoxy) is 2. The number of rotatable bonds is 0. The molecule has 3 aliphatic rings. The number of hydrogen-bond acceptors (Lipinski definition) is 3. The number of hydrogen-bond donors (Lipinski definition) is 0. The fourth-order valence-electron chi connectivity index (χ4n) is 2.91. The molecule has 66 valence electrons. The summed E-state index contributed by atoms with van der Waals surface area (Å²) in [7, 11) is 0. The number of carbonyl (C=O) groups excluding carboxylic acids is 1. The number of carbonyl (C=O) groups is 1. The van der Waals surface area contributed by atoms with Gasteiger partial charge in [-0.3, -0.25) is 4.79 Å². The summed E-state index contributed by atoms with van der Waals surface area (Å²) in [6, 6.07) is 0. The molecule has 0 saturated carbocycles. The highest BCUT2D eigenvalue weighted by Gasteiger charge is 2.65. The average molecular weight is 168 g/mol. The monoisotopic (exact) mass is 168 g/mol. The van der Waals surface area contributed by atoms with E-state index in [1.165, 1.54) is 0 Å². The minimum atomic E-state index is -0.303. The van der Waals surface area contributed by atoms with Gasteiger partial charge in [-0.25, -0.2) is 0 Å². The first-order valence-electron chi connectivity index (χ1n) is 4.55. The molecule has 2 bridgehead atoms. The molecular formula is C9H12O3. The Morgan fingerprint density at radius 2 is 2.33 bits per heavy atom. The van der Waals surface area contributed by atoms with Crippen LogP contribution in [0.25, 0.3) is 0 Å². The molecular weight excluding hydrogens is 156 g/mol. The Morgan fingerprint density at radius 3 is 3.08 bits per heavy atom. The van der Waals surface area contributed by atoms with Crippen LogP contribution >= 0.6 is 0 Å². The first kappa shape index (κ1) is 6.89. The van der Waals surface area contributed by atoms with E-state index in [2.05, 4.69) is 0 Å². The van der Waals surface area contributed by atoms with Crippen LogP contribution in [0.5, 0.6) is 0 Å². The molecule has 0 unspecified atom stereocenters. The minimum absolute atomic E-state index is 0.0419. The van der Waals surface area contributed by atoms with Crippen LogP contribution in [-0.2, 0) is 14.3 Å². The molecule has 3 rings (SSSR count). The zero-order valence-electron chi connectivity index (χ0n) is 7.08. The summed E-state index contributed by atoms with van der Waals surface area (Å²) >= 11 is 0. The first-order chi connectivity index (χ1) is 5.73. The van der Waals surface area contributed by atoms with Gasteiger partial charge in [-0.2, -0.15) is 0 Å². The second-order valence-corrected chi connectivity index (χ2v) is 4.23. The highest BCUT2D eigenvalue weighted by molar-refractivity contribution is 5.80. The van der Waals surface area contributed by atoms with Crippen molar-refractivity contribution >= 4 is 5.97 Å². The third kappa shape index (κ3) is 0.534. The zero-order valence-corrected chi connectivity index (χ0v) is 7.08. The van der Waals surface area contributed by atoms with Crippen LogP contribution in [0.4, 0.5) is 0 Å². The Morgan fingerprint density at radius 1 is 1.50 bits per heavy atom. The second-order valence-electron chi connectivity index (χ2n) is 4.23. The van der Waals surface area contributed by atoms with Crippen molar-refractivity contribution < 1.29 is 14.3 Å². The van der Waals surface area contributed by atoms with E-state index < -0.39 is 0 Å². The summed E-state index contributed by atoms with van der Waals surface area (Å²) in [6.07, 6.45) is 2.59. The van der Waals surface area contributed by atoms with E-state index in [9.17, 15) is 4.79 Å². The smallest absolute Gasteiger partial charge is 0.314 e. The normalized spacial score (nSPS) is 55.8. The van der Waals surface area contributed by atoms with Crippen LogP contribution in [0.2, 0.25) is 0 Å². The molecule has 0 aromatic rings. The molecule has 3 heteroatoms. The quantitative estimate of drug-likeness (QED) is 0.500. The summed E-state index contributed by atoms with van der Waals surface area (Å²) in [5.41, 5.74) is -0.303. The largest absolute Gasteiger partial charge is 0.465 e. The Bertz CT molecular complexity index is 250. The lowest BCUT2D eigenvalue weighted by atomic mass is 9.69. The van der Waals surface area contributed by atoms with E-state index >= 15 is 0 Å². The molecule has 0 N–H and O–H groups in total. The average Bonchev–Trinajstić information content (AvgIpc) is 2.65. The zero-order chi connectivity index (χ0) is 8.34. The molecule has 0 aromatic heterocycles. The minimum Gasteiger partial charge on any atom is -0.465 e. The summed E-state index contributed by atoms with van der Waals surface area (Å²) in [4.78, 5) is 11.5. The van der Waals surface area contributed by atoms with E-state index in [1.807, 2.05) is 6.92 Å². The Labute approximate surface area is 71.0 Å². The first-order valence-corrected chi connectivity index (χ1v) is 4.55. The summed E-state index contributed by atoms with van der Waals surface area (Å²) in [6.45, 7) is 2.58. The molecule has 0 spiro atoms. The van der Waals surface area contributed by atoms with E-state index in [0.29, 0.717) is 18.6 Å². The standard InChI is InChI=1S/C9H12O3/c1-9-5(4-11-8(9)10)6-2-3-7(9)12-6/h5-7H,2-4H2,1H3/t5-,6-,7+,9-/m0/s1. The van der Waals surface area contributed by atoms with Gasteiger partial charge < -0.3 is 9.47 Å². The molecule has 0 aromatic carbocycles. The molecule has 0 amide bonds. The van der Waals surface area contributed by atoms with Crippen LogP contribution in [0.1, 0.15) is 19.8 Å². The van der Waals surface area contributed by atoms with Crippen LogP contribution in [-0.4, -0.2) is 24.8 Å². The summed E-state index contributed by atoms with van der Waals surface area (Å²) in [5, 5.41) is 0. The predicted octanol–water partition coefficient (Wildman–Crippen LogP) is 0.727. The van der Waals surface area contributed by atoms with Gasteiger partial charge in [-0.1, -0.05) is 0 Å². The number of cyclic esters (lactones) is 1. The third-order valence-electron chi connectivity index (χ3n) is 3.77. The van der Waals surface area contributed by atoms with Crippen molar-refractivity contribution in [2.75, 3.05) is 6.61 Å². The molecule has 4 atom stereocenters. The van der Waals surface area contributed by atoms with Gasteiger partial charge in [0.1, 0.15) is 0 Å². The Hall–Kier alpha value is -0.570. The summed E-state index contributed by atoms with van der Waals surface area (Å²) in [5.74, 6) is 0.295. The van der Waals surface area contributed by atoms with Crippen LogP contribution < -0.4 is 0 Å². The van der Waals surface area contributed by atoms with Crippen LogP contribution in [0.3, 0.4) is 0 Å². The maximum absolute atomic E-state index is 11.5. The van der Waals surface area contributed by atoms with Gasteiger partial charge in [-0.15, -0.1) is 0 Å². The maximum atomic E-state index is 11.5. The Balaban J connectivity index is 2.06. The maximum Gasteiger partial charge on any atom is 0.314 e. The van der Waals surface area contributed by atoms with E-state index in [1.54, 1.807) is 0 Å². The highest BCUT2D eigenvalue weighted by Crippen LogP contribution is 2.55. The van der Waals surface area contributed by atoms with Crippen molar-refractivity contribution in [2.45, 2.75) is 32.0 Å². The molecule has 3 nitrogen and oxygen atoms in total. The number of esters is 1. The van der Waals surface area contributed by atoms with E-state index in [4.69, 9.17) is 9.47 Å². The highest BCUT2D eigenvalue weighted by atomic mass is 16.6. The van der Waals surface area contributed by atoms with Crippen molar-refractivity contribution in [3.63, 3.8) is 0 Å². The number of fused-ring (bicyclic) bond motifs is 5. The van der Waals surface area contributed by atoms with E-state index in [0.717, 1.165) is 12.8 Å². The van der Waals surface area contributed by atoms with Gasteiger partial charge in [0.15, 0.2) is 0 Å². The molecule has 0 radical (unpaired) electrons. The van der Waals surface area contributed by atoms with Gasteiger partial charge in [-0.05, 0) is 19.8 Å². The van der Waals surface area contributed by atoms with Gasteiger partial charge in [0.05, 0.1) is 24.2 Å². The molecule has 3 fully saturated rings. The van der Waals surface area contributed by atoms with Crippen LogP contribution in [0, 0.1) is 11.3 Å². The Kier molecular flexibility index (Phi) is 1.06. The fraction of sp³-hybridized carbons (Fsp3) is 0.889. The molecule has 3 aliphatic heterocycles. The molecule has 0 aliphatic carbocycles. The van der Waals surface area contributed by atoms with E-state index in [-0.39, 0.29) is 17.5 Å². The van der Waals surface area contributed by atoms with Crippen LogP contribution in [0.15, 0.2) is 0 Å². The van der Waals surface area contributed by atoms with Gasteiger partial charge >= 0.3 is 5.97 Å². The second kappa shape index (κ2) is 1.84. The summed E-state index contributed by atoms with van der Waals surface area (Å²) < 4.78 is 10.8. The van der Waals surface area contributed by atoms with Gasteiger partial charge in [0.25, 0.3) is 0 Å².